The Morgan fingerprint density at radius 1 is 1.24 bits per heavy atom. The van der Waals surface area contributed by atoms with Crippen LogP contribution in [0, 0.1) is 0 Å². The van der Waals surface area contributed by atoms with E-state index in [9.17, 15) is 0 Å². The lowest BCUT2D eigenvalue weighted by atomic mass is 10.2. The number of anilines is 1. The summed E-state index contributed by atoms with van der Waals surface area (Å²) in [6, 6.07) is 4.77. The predicted octanol–water partition coefficient (Wildman–Crippen LogP) is 2.35. The lowest BCUT2D eigenvalue weighted by Gasteiger charge is -2.11. The van der Waals surface area contributed by atoms with Crippen molar-refractivity contribution in [2.45, 2.75) is 18.9 Å². The summed E-state index contributed by atoms with van der Waals surface area (Å²) in [5.74, 6) is 2.00. The molecule has 0 atom stereocenters. The topological polar surface area (TPSA) is 34.0 Å². The molecule has 4 heteroatoms. The minimum absolute atomic E-state index is 0.654. The SMILES string of the molecule is CN(C)c1ccc(-c2nccn2C2CC2)cn1. The molecule has 0 N–H and O–H groups in total. The summed E-state index contributed by atoms with van der Waals surface area (Å²) < 4.78 is 2.26. The van der Waals surface area contributed by atoms with Gasteiger partial charge in [0.05, 0.1) is 0 Å². The molecule has 0 aliphatic heterocycles. The maximum absolute atomic E-state index is 4.43. The highest BCUT2D eigenvalue weighted by Crippen LogP contribution is 2.37. The number of nitrogens with zero attached hydrogens (tertiary/aromatic N) is 4. The van der Waals surface area contributed by atoms with Crippen molar-refractivity contribution in [3.8, 4) is 11.4 Å². The predicted molar refractivity (Wildman–Crippen MR) is 68.1 cm³/mol. The molecule has 4 nitrogen and oxygen atoms in total. The molecule has 0 aromatic carbocycles. The molecular formula is C13H16N4. The summed E-state index contributed by atoms with van der Waals surface area (Å²) in [5.41, 5.74) is 1.09. The smallest absolute Gasteiger partial charge is 0.141 e. The van der Waals surface area contributed by atoms with Crippen molar-refractivity contribution in [2.75, 3.05) is 19.0 Å². The van der Waals surface area contributed by atoms with Crippen LogP contribution in [0.15, 0.2) is 30.7 Å². The first kappa shape index (κ1) is 10.3. The molecule has 88 valence electrons. The summed E-state index contributed by atoms with van der Waals surface area (Å²) >= 11 is 0. The molecule has 0 saturated heterocycles. The average molecular weight is 228 g/mol. The number of hydrogen-bond acceptors (Lipinski definition) is 3. The van der Waals surface area contributed by atoms with Gasteiger partial charge in [-0.3, -0.25) is 0 Å². The van der Waals surface area contributed by atoms with Crippen LogP contribution in [-0.2, 0) is 0 Å². The number of hydrogen-bond donors (Lipinski definition) is 0. The summed E-state index contributed by atoms with van der Waals surface area (Å²) in [6.45, 7) is 0. The zero-order valence-corrected chi connectivity index (χ0v) is 10.2. The van der Waals surface area contributed by atoms with E-state index in [1.54, 1.807) is 0 Å². The molecular weight excluding hydrogens is 212 g/mol. The van der Waals surface area contributed by atoms with Gasteiger partial charge in [-0.25, -0.2) is 9.97 Å². The van der Waals surface area contributed by atoms with E-state index >= 15 is 0 Å². The van der Waals surface area contributed by atoms with E-state index in [0.29, 0.717) is 6.04 Å². The number of pyridine rings is 1. The van der Waals surface area contributed by atoms with Gasteiger partial charge in [0.2, 0.25) is 0 Å². The molecule has 1 fully saturated rings. The lowest BCUT2D eigenvalue weighted by Crippen LogP contribution is -2.10. The van der Waals surface area contributed by atoms with Crippen LogP contribution in [0.1, 0.15) is 18.9 Å². The normalized spacial score (nSPS) is 14.9. The maximum Gasteiger partial charge on any atom is 0.141 e. The summed E-state index contributed by atoms with van der Waals surface area (Å²) in [4.78, 5) is 10.9. The van der Waals surface area contributed by atoms with Crippen LogP contribution >= 0.6 is 0 Å². The van der Waals surface area contributed by atoms with Crippen molar-refractivity contribution < 1.29 is 0 Å². The van der Waals surface area contributed by atoms with Crippen molar-refractivity contribution in [1.82, 2.24) is 14.5 Å². The second-order valence-electron chi connectivity index (χ2n) is 4.69. The van der Waals surface area contributed by atoms with E-state index in [4.69, 9.17) is 0 Å². The van der Waals surface area contributed by atoms with Gasteiger partial charge in [0.15, 0.2) is 0 Å². The van der Waals surface area contributed by atoms with Gasteiger partial charge in [-0.2, -0.15) is 0 Å². The third kappa shape index (κ3) is 1.90. The minimum Gasteiger partial charge on any atom is -0.363 e. The van der Waals surface area contributed by atoms with Crippen LogP contribution in [0.2, 0.25) is 0 Å². The Balaban J connectivity index is 1.95. The largest absolute Gasteiger partial charge is 0.363 e. The van der Waals surface area contributed by atoms with Gasteiger partial charge in [0, 0.05) is 44.3 Å². The zero-order chi connectivity index (χ0) is 11.8. The minimum atomic E-state index is 0.654. The Labute approximate surface area is 101 Å². The molecule has 2 heterocycles. The van der Waals surface area contributed by atoms with E-state index in [2.05, 4.69) is 26.8 Å². The Morgan fingerprint density at radius 2 is 2.06 bits per heavy atom. The van der Waals surface area contributed by atoms with Gasteiger partial charge < -0.3 is 9.47 Å². The molecule has 2 aromatic heterocycles. The molecule has 1 aliphatic rings. The van der Waals surface area contributed by atoms with Crippen molar-refractivity contribution in [1.29, 1.82) is 0 Å². The molecule has 1 saturated carbocycles. The van der Waals surface area contributed by atoms with E-state index in [-0.39, 0.29) is 0 Å². The summed E-state index contributed by atoms with van der Waals surface area (Å²) in [6.07, 6.45) is 8.37. The molecule has 0 amide bonds. The molecule has 3 rings (SSSR count). The van der Waals surface area contributed by atoms with Gasteiger partial charge in [-0.05, 0) is 25.0 Å². The van der Waals surface area contributed by atoms with Crippen LogP contribution in [0.4, 0.5) is 5.82 Å². The van der Waals surface area contributed by atoms with Gasteiger partial charge in [-0.15, -0.1) is 0 Å². The van der Waals surface area contributed by atoms with Crippen LogP contribution in [0.3, 0.4) is 0 Å². The Hall–Kier alpha value is -1.84. The fraction of sp³-hybridized carbons (Fsp3) is 0.385. The average Bonchev–Trinajstić information content (AvgIpc) is 3.07. The van der Waals surface area contributed by atoms with Crippen LogP contribution in [-0.4, -0.2) is 28.6 Å². The third-order valence-electron chi connectivity index (χ3n) is 3.07. The molecule has 0 radical (unpaired) electrons. The van der Waals surface area contributed by atoms with Gasteiger partial charge in [-0.1, -0.05) is 0 Å². The van der Waals surface area contributed by atoms with E-state index in [0.717, 1.165) is 17.2 Å². The van der Waals surface area contributed by atoms with E-state index in [1.807, 2.05) is 37.5 Å². The first-order valence-corrected chi connectivity index (χ1v) is 5.92. The molecule has 0 unspecified atom stereocenters. The molecule has 2 aromatic rings. The Morgan fingerprint density at radius 3 is 2.65 bits per heavy atom. The van der Waals surface area contributed by atoms with Crippen LogP contribution < -0.4 is 4.90 Å². The lowest BCUT2D eigenvalue weighted by molar-refractivity contribution is 0.749. The van der Waals surface area contributed by atoms with Crippen molar-refractivity contribution >= 4 is 5.82 Å². The number of rotatable bonds is 3. The molecule has 1 aliphatic carbocycles. The van der Waals surface area contributed by atoms with Crippen molar-refractivity contribution in [3.63, 3.8) is 0 Å². The molecule has 17 heavy (non-hydrogen) atoms. The quantitative estimate of drug-likeness (QED) is 0.808. The van der Waals surface area contributed by atoms with E-state index < -0.39 is 0 Å². The van der Waals surface area contributed by atoms with Crippen LogP contribution in [0.5, 0.6) is 0 Å². The van der Waals surface area contributed by atoms with E-state index in [1.165, 1.54) is 12.8 Å². The highest BCUT2D eigenvalue weighted by atomic mass is 15.1. The number of imidazole rings is 1. The highest BCUT2D eigenvalue weighted by Gasteiger charge is 2.25. The Bertz CT molecular complexity index is 508. The van der Waals surface area contributed by atoms with Gasteiger partial charge in [0.1, 0.15) is 11.6 Å². The van der Waals surface area contributed by atoms with Gasteiger partial charge in [0.25, 0.3) is 0 Å². The number of aromatic nitrogens is 3. The second-order valence-corrected chi connectivity index (χ2v) is 4.69. The zero-order valence-electron chi connectivity index (χ0n) is 10.2. The monoisotopic (exact) mass is 228 g/mol. The maximum atomic E-state index is 4.43. The van der Waals surface area contributed by atoms with Crippen molar-refractivity contribution in [2.24, 2.45) is 0 Å². The third-order valence-corrected chi connectivity index (χ3v) is 3.07. The summed E-state index contributed by atoms with van der Waals surface area (Å²) in [5, 5.41) is 0. The van der Waals surface area contributed by atoms with Crippen molar-refractivity contribution in [3.05, 3.63) is 30.7 Å². The summed E-state index contributed by atoms with van der Waals surface area (Å²) in [7, 11) is 3.99. The van der Waals surface area contributed by atoms with Gasteiger partial charge >= 0.3 is 0 Å². The first-order valence-electron chi connectivity index (χ1n) is 5.92. The first-order chi connectivity index (χ1) is 8.25. The fourth-order valence-electron chi connectivity index (χ4n) is 1.97. The molecule has 0 bridgehead atoms. The van der Waals surface area contributed by atoms with Crippen LogP contribution in [0.25, 0.3) is 11.4 Å². The Kier molecular flexibility index (Phi) is 2.35. The fourth-order valence-corrected chi connectivity index (χ4v) is 1.97. The second kappa shape index (κ2) is 3.87. The highest BCUT2D eigenvalue weighted by molar-refractivity contribution is 5.57. The standard InChI is InChI=1S/C13H16N4/c1-16(2)12-6-3-10(9-15-12)13-14-7-8-17(13)11-4-5-11/h3,6-9,11H,4-5H2,1-2H3. The molecule has 0 spiro atoms.